The second-order valence-electron chi connectivity index (χ2n) is 6.01. The number of aromatic nitrogens is 3. The molecule has 0 atom stereocenters. The maximum atomic E-state index is 11.4. The van der Waals surface area contributed by atoms with E-state index in [1.807, 2.05) is 50.5 Å². The molecule has 0 saturated heterocycles. The van der Waals surface area contributed by atoms with Crippen molar-refractivity contribution < 1.29 is 4.92 Å². The van der Waals surface area contributed by atoms with E-state index in [1.54, 1.807) is 6.07 Å². The minimum atomic E-state index is -0.410. The summed E-state index contributed by atoms with van der Waals surface area (Å²) in [7, 11) is 0. The molecule has 27 heavy (non-hydrogen) atoms. The van der Waals surface area contributed by atoms with Gasteiger partial charge in [0.05, 0.1) is 4.92 Å². The fourth-order valence-corrected chi connectivity index (χ4v) is 2.72. The average Bonchev–Trinajstić information content (AvgIpc) is 2.65. The third-order valence-corrected chi connectivity index (χ3v) is 4.30. The molecule has 1 aromatic carbocycles. The summed E-state index contributed by atoms with van der Waals surface area (Å²) in [5, 5.41) is 14.4. The van der Waals surface area contributed by atoms with Crippen molar-refractivity contribution in [2.75, 3.05) is 41.3 Å². The van der Waals surface area contributed by atoms with Crippen LogP contribution in [0.4, 0.5) is 29.2 Å². The van der Waals surface area contributed by atoms with Crippen LogP contribution < -0.4 is 15.1 Å². The number of rotatable bonds is 9. The molecule has 0 aliphatic carbocycles. The fraction of sp³-hybridized carbons (Fsp3) is 0.500. The Kier molecular flexibility index (Phi) is 6.86. The first-order valence-electron chi connectivity index (χ1n) is 9.21. The van der Waals surface area contributed by atoms with Crippen LogP contribution in [-0.2, 0) is 0 Å². The third kappa shape index (κ3) is 4.81. The lowest BCUT2D eigenvalue weighted by molar-refractivity contribution is -0.384. The molecule has 0 aliphatic rings. The highest BCUT2D eigenvalue weighted by molar-refractivity contribution is 5.68. The Morgan fingerprint density at radius 3 is 1.93 bits per heavy atom. The molecule has 9 heteroatoms. The Hall–Kier alpha value is -2.97. The summed E-state index contributed by atoms with van der Waals surface area (Å²) in [6, 6.07) is 5.01. The smallest absolute Gasteiger partial charge is 0.293 e. The van der Waals surface area contributed by atoms with E-state index in [0.29, 0.717) is 23.5 Å². The van der Waals surface area contributed by atoms with Gasteiger partial charge in [0.1, 0.15) is 5.69 Å². The number of nitro groups is 1. The molecule has 0 aliphatic heterocycles. The Morgan fingerprint density at radius 1 is 0.963 bits per heavy atom. The molecule has 2 rings (SSSR count). The highest BCUT2D eigenvalue weighted by atomic mass is 16.6. The summed E-state index contributed by atoms with van der Waals surface area (Å²) in [5.41, 5.74) is 1.16. The van der Waals surface area contributed by atoms with Crippen molar-refractivity contribution >= 4 is 29.2 Å². The van der Waals surface area contributed by atoms with E-state index in [1.165, 1.54) is 6.07 Å². The zero-order chi connectivity index (χ0) is 20.0. The van der Waals surface area contributed by atoms with E-state index in [2.05, 4.69) is 20.3 Å². The molecule has 0 bridgehead atoms. The first kappa shape index (κ1) is 20.3. The molecule has 1 aromatic heterocycles. The summed E-state index contributed by atoms with van der Waals surface area (Å²) in [4.78, 5) is 28.6. The number of aryl methyl sites for hydroxylation is 1. The average molecular weight is 373 g/mol. The first-order chi connectivity index (χ1) is 12.9. The van der Waals surface area contributed by atoms with Crippen LogP contribution in [0, 0.1) is 17.0 Å². The first-order valence-corrected chi connectivity index (χ1v) is 9.21. The van der Waals surface area contributed by atoms with Gasteiger partial charge in [0.2, 0.25) is 17.8 Å². The van der Waals surface area contributed by atoms with E-state index in [0.717, 1.165) is 31.7 Å². The lowest BCUT2D eigenvalue weighted by Crippen LogP contribution is -2.29. The van der Waals surface area contributed by atoms with Gasteiger partial charge in [-0.25, -0.2) is 0 Å². The SMILES string of the molecule is CCN(CC)c1nc(Nc2ccc(C)cc2[N+](=O)[O-])nc(N(CC)CC)n1. The molecule has 0 spiro atoms. The number of nitrogens with one attached hydrogen (secondary N) is 1. The van der Waals surface area contributed by atoms with Crippen molar-refractivity contribution in [3.8, 4) is 0 Å². The molecule has 0 saturated carbocycles. The van der Waals surface area contributed by atoms with Crippen molar-refractivity contribution in [1.82, 2.24) is 15.0 Å². The number of nitro benzene ring substituents is 1. The Bertz CT molecular complexity index is 759. The van der Waals surface area contributed by atoms with Gasteiger partial charge in [-0.1, -0.05) is 6.07 Å². The quantitative estimate of drug-likeness (QED) is 0.526. The normalized spacial score (nSPS) is 10.6. The van der Waals surface area contributed by atoms with Crippen molar-refractivity contribution in [3.05, 3.63) is 33.9 Å². The molecule has 0 amide bonds. The molecule has 0 fully saturated rings. The zero-order valence-corrected chi connectivity index (χ0v) is 16.6. The number of hydrogen-bond acceptors (Lipinski definition) is 8. The van der Waals surface area contributed by atoms with Gasteiger partial charge in [0.15, 0.2) is 0 Å². The summed E-state index contributed by atoms with van der Waals surface area (Å²) < 4.78 is 0. The van der Waals surface area contributed by atoms with Crippen LogP contribution >= 0.6 is 0 Å². The summed E-state index contributed by atoms with van der Waals surface area (Å²) in [5.74, 6) is 1.39. The molecule has 1 heterocycles. The van der Waals surface area contributed by atoms with E-state index in [-0.39, 0.29) is 5.69 Å². The van der Waals surface area contributed by atoms with Crippen LogP contribution in [0.1, 0.15) is 33.3 Å². The lowest BCUT2D eigenvalue weighted by atomic mass is 10.2. The molecule has 2 aromatic rings. The monoisotopic (exact) mass is 373 g/mol. The molecular weight excluding hydrogens is 346 g/mol. The maximum Gasteiger partial charge on any atom is 0.293 e. The van der Waals surface area contributed by atoms with Gasteiger partial charge in [-0.05, 0) is 46.2 Å². The van der Waals surface area contributed by atoms with Crippen molar-refractivity contribution in [2.24, 2.45) is 0 Å². The van der Waals surface area contributed by atoms with Crippen LogP contribution in [0.3, 0.4) is 0 Å². The number of nitrogens with zero attached hydrogens (tertiary/aromatic N) is 6. The molecule has 1 N–H and O–H groups in total. The van der Waals surface area contributed by atoms with E-state index in [4.69, 9.17) is 0 Å². The van der Waals surface area contributed by atoms with Crippen LogP contribution in [0.25, 0.3) is 0 Å². The zero-order valence-electron chi connectivity index (χ0n) is 16.6. The second-order valence-corrected chi connectivity index (χ2v) is 6.01. The van der Waals surface area contributed by atoms with Crippen LogP contribution in [0.2, 0.25) is 0 Å². The molecule has 9 nitrogen and oxygen atoms in total. The van der Waals surface area contributed by atoms with E-state index < -0.39 is 4.92 Å². The minimum Gasteiger partial charge on any atom is -0.341 e. The van der Waals surface area contributed by atoms with Gasteiger partial charge >= 0.3 is 0 Å². The van der Waals surface area contributed by atoms with Gasteiger partial charge in [-0.3, -0.25) is 10.1 Å². The minimum absolute atomic E-state index is 0.0100. The standard InChI is InChI=1S/C18H27N7O2/c1-6-23(7-2)17-20-16(21-18(22-17)24(8-3)9-4)19-14-11-10-13(5)12-15(14)25(26)27/h10-12H,6-9H2,1-5H3,(H,19,20,21,22). The molecule has 146 valence electrons. The Morgan fingerprint density at radius 2 is 1.48 bits per heavy atom. The van der Waals surface area contributed by atoms with Crippen LogP contribution in [-0.4, -0.2) is 46.1 Å². The topological polar surface area (TPSA) is 100 Å². The number of hydrogen-bond donors (Lipinski definition) is 1. The number of anilines is 4. The number of benzene rings is 1. The highest BCUT2D eigenvalue weighted by Crippen LogP contribution is 2.28. The summed E-state index contributed by atoms with van der Waals surface area (Å²) in [6.07, 6.45) is 0. The predicted molar refractivity (Wildman–Crippen MR) is 108 cm³/mol. The van der Waals surface area contributed by atoms with Crippen molar-refractivity contribution in [2.45, 2.75) is 34.6 Å². The van der Waals surface area contributed by atoms with Gasteiger partial charge in [0, 0.05) is 32.2 Å². The van der Waals surface area contributed by atoms with E-state index in [9.17, 15) is 10.1 Å². The lowest BCUT2D eigenvalue weighted by Gasteiger charge is -2.23. The molecule has 0 radical (unpaired) electrons. The highest BCUT2D eigenvalue weighted by Gasteiger charge is 2.18. The fourth-order valence-electron chi connectivity index (χ4n) is 2.72. The molecular formula is C18H27N7O2. The second kappa shape index (κ2) is 9.11. The van der Waals surface area contributed by atoms with Crippen molar-refractivity contribution in [3.63, 3.8) is 0 Å². The molecule has 0 unspecified atom stereocenters. The summed E-state index contributed by atoms with van der Waals surface area (Å²) >= 11 is 0. The van der Waals surface area contributed by atoms with E-state index >= 15 is 0 Å². The van der Waals surface area contributed by atoms with Crippen LogP contribution in [0.15, 0.2) is 18.2 Å². The Balaban J connectivity index is 2.51. The Labute approximate surface area is 159 Å². The van der Waals surface area contributed by atoms with Gasteiger partial charge in [-0.15, -0.1) is 0 Å². The predicted octanol–water partition coefficient (Wildman–Crippen LogP) is 3.52. The van der Waals surface area contributed by atoms with Gasteiger partial charge in [0.25, 0.3) is 5.69 Å². The summed E-state index contributed by atoms with van der Waals surface area (Å²) in [6.45, 7) is 12.9. The van der Waals surface area contributed by atoms with Gasteiger partial charge in [-0.2, -0.15) is 15.0 Å². The van der Waals surface area contributed by atoms with Gasteiger partial charge < -0.3 is 15.1 Å². The van der Waals surface area contributed by atoms with Crippen LogP contribution in [0.5, 0.6) is 0 Å². The van der Waals surface area contributed by atoms with Crippen molar-refractivity contribution in [1.29, 1.82) is 0 Å². The maximum absolute atomic E-state index is 11.4. The largest absolute Gasteiger partial charge is 0.341 e. The third-order valence-electron chi connectivity index (χ3n) is 4.30.